The predicted octanol–water partition coefficient (Wildman–Crippen LogP) is 1.01. The zero-order valence-corrected chi connectivity index (χ0v) is 11.0. The van der Waals surface area contributed by atoms with E-state index < -0.39 is 0 Å². The molecule has 0 saturated carbocycles. The number of ether oxygens (including phenoxy) is 1. The molecule has 4 nitrogen and oxygen atoms in total. The van der Waals surface area contributed by atoms with E-state index in [1.807, 2.05) is 11.8 Å². The van der Waals surface area contributed by atoms with Crippen molar-refractivity contribution in [1.29, 1.82) is 0 Å². The first-order valence-corrected chi connectivity index (χ1v) is 6.73. The molecule has 0 spiro atoms. The van der Waals surface area contributed by atoms with Crippen LogP contribution in [-0.2, 0) is 9.53 Å². The molecule has 2 aliphatic heterocycles. The number of piperidine rings is 1. The fourth-order valence-corrected chi connectivity index (χ4v) is 2.80. The normalized spacial score (nSPS) is 35.4. The topological polar surface area (TPSA) is 41.6 Å². The molecule has 0 bridgehead atoms. The summed E-state index contributed by atoms with van der Waals surface area (Å²) >= 11 is 0. The number of hydrogen-bond donors (Lipinski definition) is 1. The van der Waals surface area contributed by atoms with Crippen molar-refractivity contribution >= 4 is 5.91 Å². The van der Waals surface area contributed by atoms with Crippen LogP contribution >= 0.6 is 0 Å². The molecule has 1 amide bonds. The van der Waals surface area contributed by atoms with Gasteiger partial charge in [-0.15, -0.1) is 0 Å². The number of hydrogen-bond acceptors (Lipinski definition) is 3. The Bertz CT molecular complexity index is 275. The van der Waals surface area contributed by atoms with E-state index in [1.165, 1.54) is 0 Å². The second kappa shape index (κ2) is 5.36. The Morgan fingerprint density at radius 2 is 2.29 bits per heavy atom. The van der Waals surface area contributed by atoms with E-state index in [9.17, 15) is 4.79 Å². The van der Waals surface area contributed by atoms with Gasteiger partial charge in [0.2, 0.25) is 5.91 Å². The molecule has 0 radical (unpaired) electrons. The van der Waals surface area contributed by atoms with E-state index in [0.717, 1.165) is 52.0 Å². The Balaban J connectivity index is 2.01. The molecule has 0 aromatic heterocycles. The van der Waals surface area contributed by atoms with Gasteiger partial charge >= 0.3 is 0 Å². The van der Waals surface area contributed by atoms with E-state index in [-0.39, 0.29) is 11.5 Å². The van der Waals surface area contributed by atoms with Gasteiger partial charge in [0.1, 0.15) is 0 Å². The van der Waals surface area contributed by atoms with Crippen LogP contribution in [0.3, 0.4) is 0 Å². The van der Waals surface area contributed by atoms with Crippen LogP contribution in [0.4, 0.5) is 0 Å². The van der Waals surface area contributed by atoms with Gasteiger partial charge in [0.05, 0.1) is 11.5 Å². The minimum atomic E-state index is -0.206. The number of nitrogens with zero attached hydrogens (tertiary/aromatic N) is 1. The summed E-state index contributed by atoms with van der Waals surface area (Å²) in [5.41, 5.74) is -0.206. The number of rotatable bonds is 1. The van der Waals surface area contributed by atoms with E-state index in [2.05, 4.69) is 12.2 Å². The fraction of sp³-hybridized carbons (Fsp3) is 0.923. The largest absolute Gasteiger partial charge is 0.377 e. The zero-order valence-electron chi connectivity index (χ0n) is 11.0. The Labute approximate surface area is 104 Å². The number of amides is 1. The third-order valence-corrected chi connectivity index (χ3v) is 3.85. The highest BCUT2D eigenvalue weighted by Crippen LogP contribution is 2.28. The van der Waals surface area contributed by atoms with E-state index >= 15 is 0 Å². The summed E-state index contributed by atoms with van der Waals surface area (Å²) < 4.78 is 5.59. The molecule has 1 N–H and O–H groups in total. The minimum absolute atomic E-state index is 0.168. The Morgan fingerprint density at radius 1 is 1.47 bits per heavy atom. The second-order valence-corrected chi connectivity index (χ2v) is 5.63. The van der Waals surface area contributed by atoms with Gasteiger partial charge in [-0.3, -0.25) is 4.79 Å². The summed E-state index contributed by atoms with van der Waals surface area (Å²) in [5, 5.41) is 3.34. The quantitative estimate of drug-likeness (QED) is 0.744. The van der Waals surface area contributed by atoms with Crippen molar-refractivity contribution in [2.24, 2.45) is 5.41 Å². The molecule has 2 heterocycles. The van der Waals surface area contributed by atoms with Crippen LogP contribution in [-0.4, -0.2) is 49.7 Å². The Kier molecular flexibility index (Phi) is 4.05. The standard InChI is InChI=1S/C13H24N2O2/c1-11-9-15(7-4-8-17-11)12(16)13(2)5-3-6-14-10-13/h11,14H,3-10H2,1-2H3. The maximum Gasteiger partial charge on any atom is 0.229 e. The highest BCUT2D eigenvalue weighted by atomic mass is 16.5. The monoisotopic (exact) mass is 240 g/mol. The van der Waals surface area contributed by atoms with E-state index in [1.54, 1.807) is 0 Å². The first-order valence-electron chi connectivity index (χ1n) is 6.73. The van der Waals surface area contributed by atoms with Gasteiger partial charge < -0.3 is 15.0 Å². The van der Waals surface area contributed by atoms with Crippen LogP contribution in [0.2, 0.25) is 0 Å². The molecule has 17 heavy (non-hydrogen) atoms. The van der Waals surface area contributed by atoms with Gasteiger partial charge in [-0.2, -0.15) is 0 Å². The fourth-order valence-electron chi connectivity index (χ4n) is 2.80. The third kappa shape index (κ3) is 2.99. The smallest absolute Gasteiger partial charge is 0.229 e. The average molecular weight is 240 g/mol. The van der Waals surface area contributed by atoms with Crippen LogP contribution in [0.15, 0.2) is 0 Å². The lowest BCUT2D eigenvalue weighted by molar-refractivity contribution is -0.142. The zero-order chi connectivity index (χ0) is 12.3. The summed E-state index contributed by atoms with van der Waals surface area (Å²) in [6, 6.07) is 0. The Morgan fingerprint density at radius 3 is 3.00 bits per heavy atom. The van der Waals surface area contributed by atoms with Crippen molar-refractivity contribution < 1.29 is 9.53 Å². The van der Waals surface area contributed by atoms with Crippen molar-refractivity contribution in [3.63, 3.8) is 0 Å². The van der Waals surface area contributed by atoms with Crippen molar-refractivity contribution in [3.8, 4) is 0 Å². The lowest BCUT2D eigenvalue weighted by Gasteiger charge is -2.37. The molecule has 2 rings (SSSR count). The molecule has 0 aliphatic carbocycles. The molecule has 4 heteroatoms. The lowest BCUT2D eigenvalue weighted by atomic mass is 9.81. The predicted molar refractivity (Wildman–Crippen MR) is 66.8 cm³/mol. The van der Waals surface area contributed by atoms with Crippen molar-refractivity contribution in [3.05, 3.63) is 0 Å². The SMILES string of the molecule is CC1CN(C(=O)C2(C)CCCNC2)CCCO1. The van der Waals surface area contributed by atoms with Gasteiger partial charge in [-0.05, 0) is 39.7 Å². The van der Waals surface area contributed by atoms with Gasteiger partial charge in [0.25, 0.3) is 0 Å². The molecule has 2 aliphatic rings. The minimum Gasteiger partial charge on any atom is -0.377 e. The van der Waals surface area contributed by atoms with E-state index in [0.29, 0.717) is 5.91 Å². The van der Waals surface area contributed by atoms with Crippen molar-refractivity contribution in [1.82, 2.24) is 10.2 Å². The number of carbonyl (C=O) groups excluding carboxylic acids is 1. The van der Waals surface area contributed by atoms with Gasteiger partial charge in [0.15, 0.2) is 0 Å². The number of nitrogens with one attached hydrogen (secondary N) is 1. The van der Waals surface area contributed by atoms with Crippen LogP contribution in [0.5, 0.6) is 0 Å². The second-order valence-electron chi connectivity index (χ2n) is 5.63. The van der Waals surface area contributed by atoms with Crippen molar-refractivity contribution in [2.75, 3.05) is 32.8 Å². The lowest BCUT2D eigenvalue weighted by Crippen LogP contribution is -2.51. The number of carbonyl (C=O) groups is 1. The summed E-state index contributed by atoms with van der Waals surface area (Å²) in [4.78, 5) is 14.6. The highest BCUT2D eigenvalue weighted by molar-refractivity contribution is 5.82. The van der Waals surface area contributed by atoms with Crippen molar-refractivity contribution in [2.45, 2.75) is 39.2 Å². The third-order valence-electron chi connectivity index (χ3n) is 3.85. The van der Waals surface area contributed by atoms with E-state index in [4.69, 9.17) is 4.74 Å². The van der Waals surface area contributed by atoms with Gasteiger partial charge in [0, 0.05) is 26.2 Å². The van der Waals surface area contributed by atoms with Crippen LogP contribution < -0.4 is 5.32 Å². The molecule has 98 valence electrons. The molecule has 0 aromatic rings. The first kappa shape index (κ1) is 12.8. The van der Waals surface area contributed by atoms with Gasteiger partial charge in [-0.25, -0.2) is 0 Å². The summed E-state index contributed by atoms with van der Waals surface area (Å²) in [6.45, 7) is 8.37. The molecule has 2 saturated heterocycles. The molecule has 2 atom stereocenters. The maximum absolute atomic E-state index is 12.6. The maximum atomic E-state index is 12.6. The average Bonchev–Trinajstić information content (AvgIpc) is 2.54. The summed E-state index contributed by atoms with van der Waals surface area (Å²) in [7, 11) is 0. The molecule has 2 unspecified atom stereocenters. The van der Waals surface area contributed by atoms with Crippen LogP contribution in [0.25, 0.3) is 0 Å². The van der Waals surface area contributed by atoms with Gasteiger partial charge in [-0.1, -0.05) is 0 Å². The molecular formula is C13H24N2O2. The van der Waals surface area contributed by atoms with Crippen LogP contribution in [0, 0.1) is 5.41 Å². The summed E-state index contributed by atoms with van der Waals surface area (Å²) in [5.74, 6) is 0.307. The summed E-state index contributed by atoms with van der Waals surface area (Å²) in [6.07, 6.45) is 3.23. The Hall–Kier alpha value is -0.610. The first-order chi connectivity index (χ1) is 8.12. The molecule has 2 fully saturated rings. The molecule has 0 aromatic carbocycles. The molecular weight excluding hydrogens is 216 g/mol. The highest BCUT2D eigenvalue weighted by Gasteiger charge is 2.38. The van der Waals surface area contributed by atoms with Crippen LogP contribution in [0.1, 0.15) is 33.1 Å².